The number of hydrogen-bond acceptors (Lipinski definition) is 11. The van der Waals surface area contributed by atoms with Crippen LogP contribution in [0.4, 0.5) is 14.4 Å². The van der Waals surface area contributed by atoms with E-state index in [1.54, 1.807) is 80.6 Å². The highest BCUT2D eigenvalue weighted by molar-refractivity contribution is 9.10. The molecule has 2 heterocycles. The number of fused-ring (bicyclic) bond motifs is 3. The molecule has 386 valence electrons. The zero-order chi connectivity index (χ0) is 52.3. The summed E-state index contributed by atoms with van der Waals surface area (Å²) < 4.78 is 18.6. The number of aromatic nitrogens is 1. The lowest BCUT2D eigenvalue weighted by Crippen LogP contribution is -2.57. The van der Waals surface area contributed by atoms with Crippen molar-refractivity contribution >= 4 is 86.2 Å². The molecule has 71 heavy (non-hydrogen) atoms. The lowest BCUT2D eigenvalue weighted by molar-refractivity contribution is -0.142. The Hall–Kier alpha value is -5.30. The number of likely N-dealkylation sites (N-methyl/N-ethyl adjacent to an activating group) is 1. The van der Waals surface area contributed by atoms with Crippen molar-refractivity contribution in [2.45, 2.75) is 159 Å². The Morgan fingerprint density at radius 3 is 2.01 bits per heavy atom. The number of nitrogens with zero attached hydrogens (tertiary/aromatic N) is 2. The molecule has 0 saturated heterocycles. The van der Waals surface area contributed by atoms with Crippen LogP contribution in [0.25, 0.3) is 10.9 Å². The number of carbonyl (C=O) groups excluding carboxylic acids is 6. The Balaban J connectivity index is 1.56. The second-order valence-corrected chi connectivity index (χ2v) is 22.7. The van der Waals surface area contributed by atoms with Gasteiger partial charge in [0.15, 0.2) is 0 Å². The summed E-state index contributed by atoms with van der Waals surface area (Å²) in [6.07, 6.45) is 1.51. The summed E-state index contributed by atoms with van der Waals surface area (Å²) in [6, 6.07) is 15.6. The van der Waals surface area contributed by atoms with Crippen LogP contribution >= 0.6 is 39.3 Å². The average molecular weight is 1080 g/mol. The van der Waals surface area contributed by atoms with E-state index in [1.807, 2.05) is 48.5 Å². The molecule has 5 amide bonds. The molecule has 3 atom stereocenters. The van der Waals surface area contributed by atoms with Crippen LogP contribution in [0.3, 0.4) is 0 Å². The highest BCUT2D eigenvalue weighted by Gasteiger charge is 2.35. The summed E-state index contributed by atoms with van der Waals surface area (Å²) in [6.45, 7) is 16.7. The molecule has 0 unspecified atom stereocenters. The topological polar surface area (TPSA) is 198 Å². The van der Waals surface area contributed by atoms with E-state index in [1.165, 1.54) is 28.3 Å². The Morgan fingerprint density at radius 2 is 1.35 bits per heavy atom. The molecule has 5 N–H and O–H groups in total. The maximum Gasteiger partial charge on any atom is 0.419 e. The van der Waals surface area contributed by atoms with E-state index in [2.05, 4.69) is 42.5 Å². The first-order chi connectivity index (χ1) is 33.3. The SMILES string of the molecule is CN1C(=O)[C@H](CCCCNC(=O)OC(C)(C)C)NC(=O)[C@H](CCCNC(=O)OC(C)(C)C)NCc2ccccc2Sc2c(ccc(Br)c2Cl)CNC(=O)[C@@H]1Cc1cn(C(=O)OC(C)(C)C)c2ccccc12. The van der Waals surface area contributed by atoms with Gasteiger partial charge in [0.05, 0.1) is 16.6 Å². The Bertz CT molecular complexity index is 2550. The summed E-state index contributed by atoms with van der Waals surface area (Å²) in [7, 11) is 1.53. The predicted molar refractivity (Wildman–Crippen MR) is 280 cm³/mol. The molecular weight excluding hydrogens is 1010 g/mol. The van der Waals surface area contributed by atoms with Gasteiger partial charge < -0.3 is 45.7 Å². The van der Waals surface area contributed by atoms with Gasteiger partial charge in [0.25, 0.3) is 0 Å². The summed E-state index contributed by atoms with van der Waals surface area (Å²) in [5.41, 5.74) is 0.590. The van der Waals surface area contributed by atoms with Crippen LogP contribution in [0.2, 0.25) is 5.02 Å². The fourth-order valence-electron chi connectivity index (χ4n) is 7.75. The number of para-hydroxylation sites is 1. The minimum absolute atomic E-state index is 0.0181. The first-order valence-electron chi connectivity index (χ1n) is 23.9. The second-order valence-electron chi connectivity index (χ2n) is 20.5. The molecule has 4 aromatic rings. The molecule has 1 aliphatic rings. The van der Waals surface area contributed by atoms with Gasteiger partial charge in [-0.15, -0.1) is 0 Å². The van der Waals surface area contributed by atoms with Crippen molar-refractivity contribution in [3.8, 4) is 0 Å². The molecule has 0 aliphatic carbocycles. The van der Waals surface area contributed by atoms with Gasteiger partial charge in [0, 0.05) is 65.5 Å². The number of benzene rings is 3. The quantitative estimate of drug-likeness (QED) is 0.0708. The van der Waals surface area contributed by atoms with E-state index < -0.39 is 70.9 Å². The normalized spacial score (nSPS) is 17.5. The number of carbonyl (C=O) groups is 6. The fraction of sp³-hybridized carbons (Fsp3) is 0.500. The van der Waals surface area contributed by atoms with Crippen molar-refractivity contribution in [3.63, 3.8) is 0 Å². The van der Waals surface area contributed by atoms with Crippen LogP contribution in [-0.4, -0.2) is 101 Å². The Morgan fingerprint density at radius 1 is 0.746 bits per heavy atom. The number of halogens is 2. The molecule has 1 aromatic heterocycles. The number of amides is 5. The molecule has 0 radical (unpaired) electrons. The predicted octanol–water partition coefficient (Wildman–Crippen LogP) is 9.63. The third kappa shape index (κ3) is 17.2. The van der Waals surface area contributed by atoms with Crippen LogP contribution in [0.15, 0.2) is 81.1 Å². The molecular formula is C52H69BrClN7O9S. The third-order valence-corrected chi connectivity index (χ3v) is 13.8. The highest BCUT2D eigenvalue weighted by atomic mass is 79.9. The summed E-state index contributed by atoms with van der Waals surface area (Å²) in [4.78, 5) is 86.1. The van der Waals surface area contributed by atoms with E-state index >= 15 is 4.79 Å². The smallest absolute Gasteiger partial charge is 0.419 e. The molecule has 0 fully saturated rings. The van der Waals surface area contributed by atoms with Gasteiger partial charge in [-0.3, -0.25) is 19.0 Å². The molecule has 0 spiro atoms. The van der Waals surface area contributed by atoms with Crippen LogP contribution in [0.5, 0.6) is 0 Å². The highest BCUT2D eigenvalue weighted by Crippen LogP contribution is 2.41. The van der Waals surface area contributed by atoms with Crippen molar-refractivity contribution in [2.75, 3.05) is 20.1 Å². The number of rotatable bonds is 11. The first-order valence-corrected chi connectivity index (χ1v) is 25.9. The van der Waals surface area contributed by atoms with E-state index in [4.69, 9.17) is 25.8 Å². The monoisotopic (exact) mass is 1080 g/mol. The van der Waals surface area contributed by atoms with E-state index in [-0.39, 0.29) is 45.4 Å². The maximum absolute atomic E-state index is 15.1. The summed E-state index contributed by atoms with van der Waals surface area (Å²) in [5.74, 6) is -1.48. The zero-order valence-corrected chi connectivity index (χ0v) is 45.5. The third-order valence-electron chi connectivity index (χ3n) is 11.1. The van der Waals surface area contributed by atoms with Crippen LogP contribution in [0.1, 0.15) is 111 Å². The Labute approximate surface area is 434 Å². The van der Waals surface area contributed by atoms with E-state index in [0.717, 1.165) is 16.0 Å². The van der Waals surface area contributed by atoms with Crippen molar-refractivity contribution < 1.29 is 43.0 Å². The van der Waals surface area contributed by atoms with Gasteiger partial charge in [-0.05, 0) is 145 Å². The van der Waals surface area contributed by atoms with Gasteiger partial charge in [-0.1, -0.05) is 65.8 Å². The fourth-order valence-corrected chi connectivity index (χ4v) is 9.62. The zero-order valence-electron chi connectivity index (χ0n) is 42.4. The summed E-state index contributed by atoms with van der Waals surface area (Å²) >= 11 is 12.0. The van der Waals surface area contributed by atoms with Gasteiger partial charge in [0.2, 0.25) is 17.7 Å². The Kier molecular flexibility index (Phi) is 19.8. The number of nitrogens with one attached hydrogen (secondary N) is 5. The first kappa shape index (κ1) is 56.6. The van der Waals surface area contributed by atoms with Crippen molar-refractivity contribution in [2.24, 2.45) is 0 Å². The molecule has 5 rings (SSSR count). The van der Waals surface area contributed by atoms with Crippen LogP contribution in [0, 0.1) is 0 Å². The van der Waals surface area contributed by atoms with E-state index in [9.17, 15) is 24.0 Å². The van der Waals surface area contributed by atoms with Crippen molar-refractivity contribution in [1.29, 1.82) is 0 Å². The second kappa shape index (κ2) is 24.9. The molecule has 1 aliphatic heterocycles. The number of hydrogen-bond donors (Lipinski definition) is 5. The van der Waals surface area contributed by atoms with E-state index in [0.29, 0.717) is 50.1 Å². The lowest BCUT2D eigenvalue weighted by atomic mass is 10.0. The van der Waals surface area contributed by atoms with Gasteiger partial charge >= 0.3 is 18.3 Å². The number of ether oxygens (including phenoxy) is 3. The van der Waals surface area contributed by atoms with Crippen molar-refractivity contribution in [3.05, 3.63) is 93.0 Å². The largest absolute Gasteiger partial charge is 0.444 e. The number of unbranched alkanes of at least 4 members (excludes halogenated alkanes) is 1. The standard InChI is InChI=1S/C52H69BrClN7O9S/c1-50(2,3)68-47(65)55-26-16-15-20-38-46(64)60(10)40(28-34-31-61(49(67)70-52(7,8)9)39-22-13-12-19-35(34)39)45(63)58-30-33-24-25-36(53)42(54)43(33)71-41-23-14-11-18-32(41)29-57-37(44(62)59-38)21-17-27-56-48(66)69-51(4,5)6/h11-14,18-19,22-25,31,37-38,40,57H,15-17,20-21,26-30H2,1-10H3,(H,55,65)(H,56,66)(H,58,63)(H,59,62)/t37-,38-,40-/m0/s1. The maximum atomic E-state index is 15.1. The minimum Gasteiger partial charge on any atom is -0.444 e. The average Bonchev–Trinajstić information content (AvgIpc) is 3.65. The lowest BCUT2D eigenvalue weighted by Gasteiger charge is -2.32. The van der Waals surface area contributed by atoms with Crippen LogP contribution < -0.4 is 26.6 Å². The summed E-state index contributed by atoms with van der Waals surface area (Å²) in [5, 5.41) is 16.2. The molecule has 19 heteroatoms. The van der Waals surface area contributed by atoms with Gasteiger partial charge in [0.1, 0.15) is 28.9 Å². The van der Waals surface area contributed by atoms with Crippen LogP contribution in [-0.2, 0) is 48.1 Å². The molecule has 0 bridgehead atoms. The van der Waals surface area contributed by atoms with Gasteiger partial charge in [-0.2, -0.15) is 0 Å². The molecule has 16 nitrogen and oxygen atoms in total. The van der Waals surface area contributed by atoms with Gasteiger partial charge in [-0.25, -0.2) is 14.4 Å². The number of alkyl carbamates (subject to hydrolysis) is 2. The minimum atomic E-state index is -1.15. The molecule has 3 aromatic carbocycles. The molecule has 0 saturated carbocycles. The van der Waals surface area contributed by atoms with Crippen molar-refractivity contribution in [1.82, 2.24) is 36.1 Å².